The van der Waals surface area contributed by atoms with Crippen LogP contribution in [0, 0.1) is 0 Å². The third kappa shape index (κ3) is 4.36. The number of rotatable bonds is 5. The normalized spacial score (nSPS) is 14.4. The Labute approximate surface area is 191 Å². The van der Waals surface area contributed by atoms with Crippen molar-refractivity contribution < 1.29 is 21.6 Å². The van der Waals surface area contributed by atoms with Crippen molar-refractivity contribution in [2.45, 2.75) is 37.8 Å². The van der Waals surface area contributed by atoms with Gasteiger partial charge in [0, 0.05) is 18.7 Å². The second-order valence-corrected chi connectivity index (χ2v) is 10.1. The van der Waals surface area contributed by atoms with Crippen LogP contribution in [-0.2, 0) is 35.5 Å². The number of nitrogens with one attached hydrogen (secondary N) is 1. The second-order valence-electron chi connectivity index (χ2n) is 7.50. The molecule has 3 heterocycles. The van der Waals surface area contributed by atoms with E-state index >= 15 is 0 Å². The van der Waals surface area contributed by atoms with Gasteiger partial charge < -0.3 is 9.47 Å². The maximum atomic E-state index is 13.5. The van der Waals surface area contributed by atoms with Crippen LogP contribution in [0.25, 0.3) is 0 Å². The maximum Gasteiger partial charge on any atom is 0.416 e. The van der Waals surface area contributed by atoms with Gasteiger partial charge in [0.25, 0.3) is 5.56 Å². The van der Waals surface area contributed by atoms with Crippen molar-refractivity contribution in [3.05, 3.63) is 68.4 Å². The molecule has 3 aromatic rings. The predicted molar refractivity (Wildman–Crippen MR) is 115 cm³/mol. The number of sulfone groups is 1. The number of aromatic nitrogens is 4. The number of hydrogen-bond donors (Lipinski definition) is 1. The lowest BCUT2D eigenvalue weighted by atomic mass is 10.1. The molecule has 0 bridgehead atoms. The number of halogens is 4. The summed E-state index contributed by atoms with van der Waals surface area (Å²) in [6.07, 6.45) is -2.91. The Bertz CT molecular complexity index is 1370. The van der Waals surface area contributed by atoms with Gasteiger partial charge in [-0.25, -0.2) is 18.5 Å². The lowest BCUT2D eigenvalue weighted by molar-refractivity contribution is -0.138. The number of imidazole rings is 1. The smallest absolute Gasteiger partial charge is 0.362 e. The minimum absolute atomic E-state index is 0.0537. The summed E-state index contributed by atoms with van der Waals surface area (Å²) in [6.45, 7) is 1.63. The van der Waals surface area contributed by atoms with E-state index in [0.717, 1.165) is 6.07 Å². The largest absolute Gasteiger partial charge is 0.416 e. The number of aromatic amines is 1. The van der Waals surface area contributed by atoms with Gasteiger partial charge in [-0.2, -0.15) is 18.3 Å². The van der Waals surface area contributed by atoms with Crippen LogP contribution in [0.15, 0.2) is 40.4 Å². The molecule has 1 aliphatic heterocycles. The van der Waals surface area contributed by atoms with Crippen LogP contribution in [0.4, 0.5) is 18.9 Å². The van der Waals surface area contributed by atoms with Crippen LogP contribution in [0.3, 0.4) is 0 Å². The molecule has 0 fully saturated rings. The summed E-state index contributed by atoms with van der Waals surface area (Å²) in [7, 11) is -3.83. The van der Waals surface area contributed by atoms with E-state index in [2.05, 4.69) is 15.2 Å². The van der Waals surface area contributed by atoms with Gasteiger partial charge in [0.2, 0.25) is 15.0 Å². The Hall–Kier alpha value is -2.86. The van der Waals surface area contributed by atoms with E-state index in [9.17, 15) is 26.4 Å². The first-order valence-corrected chi connectivity index (χ1v) is 12.0. The van der Waals surface area contributed by atoms with Crippen molar-refractivity contribution in [3.63, 3.8) is 0 Å². The topological polar surface area (TPSA) is 101 Å². The highest BCUT2D eigenvalue weighted by molar-refractivity contribution is 7.91. The number of nitrogens with zero attached hydrogens (tertiary/aromatic N) is 4. The number of H-pyrrole nitrogens is 1. The number of fused-ring (bicyclic) bond motifs is 1. The third-order valence-electron chi connectivity index (χ3n) is 5.51. The fourth-order valence-corrected chi connectivity index (χ4v) is 5.08. The number of hydrogen-bond acceptors (Lipinski definition) is 6. The summed E-state index contributed by atoms with van der Waals surface area (Å²) in [5.41, 5.74) is -0.155. The summed E-state index contributed by atoms with van der Waals surface area (Å²) in [5.74, 6) is -0.253. The Balaban J connectivity index is 1.80. The number of alkyl halides is 3. The zero-order valence-electron chi connectivity index (χ0n) is 17.4. The SMILES string of the molecule is CCS(=O)(=O)c1nc2c(n1Cc1ccccc1C(F)(F)F)CCN(c1cn[nH]c(=O)c1Cl)C2. The maximum absolute atomic E-state index is 13.5. The van der Waals surface area contributed by atoms with Crippen molar-refractivity contribution >= 4 is 27.1 Å². The molecule has 4 rings (SSSR count). The average molecular weight is 502 g/mol. The van der Waals surface area contributed by atoms with E-state index in [4.69, 9.17) is 11.6 Å². The fourth-order valence-electron chi connectivity index (χ4n) is 3.85. The van der Waals surface area contributed by atoms with Crippen molar-refractivity contribution in [2.24, 2.45) is 0 Å². The quantitative estimate of drug-likeness (QED) is 0.576. The molecule has 2 aromatic heterocycles. The van der Waals surface area contributed by atoms with E-state index in [0.29, 0.717) is 30.0 Å². The molecule has 1 aromatic carbocycles. The van der Waals surface area contributed by atoms with Gasteiger partial charge in [0.05, 0.1) is 42.0 Å². The molecule has 13 heteroatoms. The van der Waals surface area contributed by atoms with Gasteiger partial charge in [-0.3, -0.25) is 4.79 Å². The zero-order valence-corrected chi connectivity index (χ0v) is 18.9. The molecule has 1 N–H and O–H groups in total. The average Bonchev–Trinajstić information content (AvgIpc) is 3.14. The van der Waals surface area contributed by atoms with Crippen LogP contribution in [-0.4, -0.2) is 40.5 Å². The molecule has 33 heavy (non-hydrogen) atoms. The summed E-state index contributed by atoms with van der Waals surface area (Å²) in [6, 6.07) is 5.06. The molecule has 0 amide bonds. The highest BCUT2D eigenvalue weighted by Crippen LogP contribution is 2.34. The van der Waals surface area contributed by atoms with Gasteiger partial charge in [-0.15, -0.1) is 0 Å². The summed E-state index contributed by atoms with van der Waals surface area (Å²) < 4.78 is 67.5. The van der Waals surface area contributed by atoms with Crippen molar-refractivity contribution in [3.8, 4) is 0 Å². The molecule has 176 valence electrons. The minimum atomic E-state index is -4.58. The molecular formula is C20H19ClF3N5O3S. The Morgan fingerprint density at radius 3 is 2.67 bits per heavy atom. The molecule has 0 spiro atoms. The third-order valence-corrected chi connectivity index (χ3v) is 7.50. The molecule has 1 aliphatic rings. The zero-order chi connectivity index (χ0) is 24.0. The van der Waals surface area contributed by atoms with Crippen molar-refractivity contribution in [2.75, 3.05) is 17.2 Å². The molecular weight excluding hydrogens is 483 g/mol. The first kappa shape index (κ1) is 23.3. The summed E-state index contributed by atoms with van der Waals surface area (Å²) >= 11 is 6.10. The molecule has 0 radical (unpaired) electrons. The monoisotopic (exact) mass is 501 g/mol. The first-order chi connectivity index (χ1) is 15.5. The summed E-state index contributed by atoms with van der Waals surface area (Å²) in [4.78, 5) is 17.8. The predicted octanol–water partition coefficient (Wildman–Crippen LogP) is 3.04. The molecule has 0 saturated heterocycles. The molecule has 0 saturated carbocycles. The molecule has 0 unspecified atom stereocenters. The van der Waals surface area contributed by atoms with E-state index < -0.39 is 27.1 Å². The van der Waals surface area contributed by atoms with Gasteiger partial charge in [-0.1, -0.05) is 36.7 Å². The van der Waals surface area contributed by atoms with E-state index in [1.165, 1.54) is 35.9 Å². The van der Waals surface area contributed by atoms with Gasteiger partial charge >= 0.3 is 6.18 Å². The van der Waals surface area contributed by atoms with Crippen LogP contribution in [0.5, 0.6) is 0 Å². The van der Waals surface area contributed by atoms with Crippen LogP contribution in [0.2, 0.25) is 5.02 Å². The Morgan fingerprint density at radius 2 is 1.97 bits per heavy atom. The van der Waals surface area contributed by atoms with E-state index in [-0.39, 0.29) is 34.6 Å². The van der Waals surface area contributed by atoms with Gasteiger partial charge in [0.1, 0.15) is 5.02 Å². The molecule has 0 aliphatic carbocycles. The Morgan fingerprint density at radius 1 is 1.24 bits per heavy atom. The first-order valence-electron chi connectivity index (χ1n) is 9.97. The van der Waals surface area contributed by atoms with Crippen LogP contribution in [0.1, 0.15) is 29.4 Å². The van der Waals surface area contributed by atoms with Crippen molar-refractivity contribution in [1.82, 2.24) is 19.7 Å². The van der Waals surface area contributed by atoms with Crippen LogP contribution >= 0.6 is 11.6 Å². The minimum Gasteiger partial charge on any atom is -0.362 e. The molecule has 8 nitrogen and oxygen atoms in total. The van der Waals surface area contributed by atoms with E-state index in [1.54, 1.807) is 4.90 Å². The second kappa shape index (κ2) is 8.49. The lowest BCUT2D eigenvalue weighted by Crippen LogP contribution is -2.33. The Kier molecular flexibility index (Phi) is 5.99. The summed E-state index contributed by atoms with van der Waals surface area (Å²) in [5, 5.41) is 5.64. The fraction of sp³-hybridized carbons (Fsp3) is 0.350. The van der Waals surface area contributed by atoms with Gasteiger partial charge in [-0.05, 0) is 11.6 Å². The standard InChI is InChI=1S/C20H19ClF3N5O3S/c1-2-33(31,32)19-26-14-11-28(16-9-25-27-18(30)17(16)21)8-7-15(14)29(19)10-12-5-3-4-6-13(12)20(22,23)24/h3-6,9H,2,7-8,10-11H2,1H3,(H,27,30). The highest BCUT2D eigenvalue weighted by atomic mass is 35.5. The van der Waals surface area contributed by atoms with Crippen LogP contribution < -0.4 is 10.5 Å². The highest BCUT2D eigenvalue weighted by Gasteiger charge is 2.35. The molecule has 0 atom stereocenters. The number of benzene rings is 1. The van der Waals surface area contributed by atoms with E-state index in [1.807, 2.05) is 0 Å². The van der Waals surface area contributed by atoms with Crippen molar-refractivity contribution in [1.29, 1.82) is 0 Å². The van der Waals surface area contributed by atoms with Gasteiger partial charge in [0.15, 0.2) is 0 Å². The lowest BCUT2D eigenvalue weighted by Gasteiger charge is -2.29. The number of anilines is 1.